The first-order valence-corrected chi connectivity index (χ1v) is 6.84. The largest absolute Gasteiger partial charge is 0.359 e. The molecule has 0 aromatic rings. The monoisotopic (exact) mass is 238 g/mol. The van der Waals surface area contributed by atoms with Crippen LogP contribution in [0.4, 0.5) is 0 Å². The third-order valence-electron chi connectivity index (χ3n) is 3.45. The maximum Gasteiger partial charge on any atom is 0.220 e. The highest BCUT2D eigenvalue weighted by Crippen LogP contribution is 2.20. The van der Waals surface area contributed by atoms with Gasteiger partial charge in [-0.2, -0.15) is 0 Å². The van der Waals surface area contributed by atoms with E-state index in [9.17, 15) is 4.79 Å². The van der Waals surface area contributed by atoms with Crippen molar-refractivity contribution in [3.8, 4) is 0 Å². The number of nitrogens with zero attached hydrogens (tertiary/aromatic N) is 1. The highest BCUT2D eigenvalue weighted by atomic mass is 16.1. The van der Waals surface area contributed by atoms with E-state index < -0.39 is 0 Å². The molecule has 0 atom stereocenters. The van der Waals surface area contributed by atoms with Gasteiger partial charge in [0.25, 0.3) is 0 Å². The van der Waals surface area contributed by atoms with Gasteiger partial charge in [0.1, 0.15) is 0 Å². The molecule has 1 N–H and O–H groups in total. The number of amides is 1. The van der Waals surface area contributed by atoms with Crippen LogP contribution in [0.1, 0.15) is 39.0 Å². The maximum absolute atomic E-state index is 11.3. The van der Waals surface area contributed by atoms with Gasteiger partial charge in [0.15, 0.2) is 0 Å². The molecule has 0 aliphatic carbocycles. The number of carbonyl (C=O) groups excluding carboxylic acids is 1. The fourth-order valence-corrected chi connectivity index (χ4v) is 2.25. The molecule has 1 saturated heterocycles. The highest BCUT2D eigenvalue weighted by molar-refractivity contribution is 5.75. The van der Waals surface area contributed by atoms with Crippen molar-refractivity contribution in [3.63, 3.8) is 0 Å². The van der Waals surface area contributed by atoms with E-state index in [-0.39, 0.29) is 5.91 Å². The summed E-state index contributed by atoms with van der Waals surface area (Å²) in [6.07, 6.45) is 10.00. The number of unbranched alkanes of at least 4 members (excludes halogenated alkanes) is 1. The second-order valence-corrected chi connectivity index (χ2v) is 4.88. The summed E-state index contributed by atoms with van der Waals surface area (Å²) in [6, 6.07) is 0. The molecule has 0 aromatic carbocycles. The number of rotatable bonds is 6. The van der Waals surface area contributed by atoms with E-state index in [0.717, 1.165) is 32.5 Å². The van der Waals surface area contributed by atoms with Crippen LogP contribution in [-0.2, 0) is 4.79 Å². The fourth-order valence-electron chi connectivity index (χ4n) is 2.25. The predicted octanol–water partition coefficient (Wildman–Crippen LogP) is 2.19. The van der Waals surface area contributed by atoms with E-state index in [1.807, 2.05) is 0 Å². The van der Waals surface area contributed by atoms with Gasteiger partial charge in [-0.15, -0.1) is 0 Å². The molecule has 3 nitrogen and oxygen atoms in total. The van der Waals surface area contributed by atoms with Crippen LogP contribution in [0.15, 0.2) is 12.2 Å². The summed E-state index contributed by atoms with van der Waals surface area (Å²) in [4.78, 5) is 13.7. The third kappa shape index (κ3) is 5.87. The van der Waals surface area contributed by atoms with Crippen molar-refractivity contribution in [2.24, 2.45) is 5.92 Å². The summed E-state index contributed by atoms with van der Waals surface area (Å²) < 4.78 is 0. The number of nitrogens with one attached hydrogen (secondary N) is 1. The predicted molar refractivity (Wildman–Crippen MR) is 71.9 cm³/mol. The van der Waals surface area contributed by atoms with Gasteiger partial charge in [-0.3, -0.25) is 9.69 Å². The zero-order chi connectivity index (χ0) is 12.5. The minimum atomic E-state index is 0.186. The molecule has 0 saturated carbocycles. The summed E-state index contributed by atoms with van der Waals surface area (Å²) in [5.74, 6) is 0.775. The zero-order valence-electron chi connectivity index (χ0n) is 11.2. The Morgan fingerprint density at radius 2 is 2.06 bits per heavy atom. The average Bonchev–Trinajstić information content (AvgIpc) is 2.36. The SMILES string of the molecule is CCCC=CCN1CCC(CC(=O)NC)CC1. The Balaban J connectivity index is 2.15. The van der Waals surface area contributed by atoms with Gasteiger partial charge >= 0.3 is 0 Å². The molecule has 0 bridgehead atoms. The van der Waals surface area contributed by atoms with Gasteiger partial charge < -0.3 is 5.32 Å². The molecule has 1 rings (SSSR count). The minimum Gasteiger partial charge on any atom is -0.359 e. The van der Waals surface area contributed by atoms with Crippen LogP contribution in [0.3, 0.4) is 0 Å². The maximum atomic E-state index is 11.3. The molecule has 1 aliphatic heterocycles. The normalized spacial score (nSPS) is 18.7. The van der Waals surface area contributed by atoms with E-state index in [1.54, 1.807) is 7.05 Å². The number of hydrogen-bond donors (Lipinski definition) is 1. The Hall–Kier alpha value is -0.830. The van der Waals surface area contributed by atoms with E-state index in [1.165, 1.54) is 12.8 Å². The summed E-state index contributed by atoms with van der Waals surface area (Å²) in [6.45, 7) is 5.55. The first-order chi connectivity index (χ1) is 8.26. The Bertz CT molecular complexity index is 243. The van der Waals surface area contributed by atoms with Crippen LogP contribution >= 0.6 is 0 Å². The smallest absolute Gasteiger partial charge is 0.220 e. The minimum absolute atomic E-state index is 0.186. The van der Waals surface area contributed by atoms with Crippen LogP contribution in [0.5, 0.6) is 0 Å². The van der Waals surface area contributed by atoms with Gasteiger partial charge in [-0.05, 0) is 38.3 Å². The third-order valence-corrected chi connectivity index (χ3v) is 3.45. The number of carbonyl (C=O) groups is 1. The molecule has 0 spiro atoms. The first kappa shape index (κ1) is 14.2. The van der Waals surface area contributed by atoms with Crippen molar-refractivity contribution in [1.29, 1.82) is 0 Å². The van der Waals surface area contributed by atoms with Gasteiger partial charge in [-0.25, -0.2) is 0 Å². The molecule has 1 aliphatic rings. The number of likely N-dealkylation sites (tertiary alicyclic amines) is 1. The van der Waals surface area contributed by atoms with Gasteiger partial charge in [0.2, 0.25) is 5.91 Å². The standard InChI is InChI=1S/C14H26N2O/c1-3-4-5-6-9-16-10-7-13(8-11-16)12-14(17)15-2/h5-6,13H,3-4,7-12H2,1-2H3,(H,15,17). The molecular weight excluding hydrogens is 212 g/mol. The molecule has 98 valence electrons. The molecule has 0 unspecified atom stereocenters. The van der Waals surface area contributed by atoms with Crippen molar-refractivity contribution in [2.45, 2.75) is 39.0 Å². The van der Waals surface area contributed by atoms with E-state index in [2.05, 4.69) is 29.3 Å². The summed E-state index contributed by atoms with van der Waals surface area (Å²) in [5.41, 5.74) is 0. The molecule has 1 amide bonds. The molecule has 1 heterocycles. The lowest BCUT2D eigenvalue weighted by Gasteiger charge is -2.30. The molecule has 3 heteroatoms. The first-order valence-electron chi connectivity index (χ1n) is 6.84. The Morgan fingerprint density at radius 1 is 1.35 bits per heavy atom. The zero-order valence-corrected chi connectivity index (χ0v) is 11.2. The number of piperidine rings is 1. The molecular formula is C14H26N2O. The van der Waals surface area contributed by atoms with Crippen molar-refractivity contribution in [1.82, 2.24) is 10.2 Å². The van der Waals surface area contributed by atoms with Crippen molar-refractivity contribution < 1.29 is 4.79 Å². The van der Waals surface area contributed by atoms with Crippen LogP contribution < -0.4 is 5.32 Å². The number of allylic oxidation sites excluding steroid dienone is 1. The molecule has 0 radical (unpaired) electrons. The highest BCUT2D eigenvalue weighted by Gasteiger charge is 2.20. The summed E-state index contributed by atoms with van der Waals surface area (Å²) in [7, 11) is 1.72. The lowest BCUT2D eigenvalue weighted by Crippen LogP contribution is -2.35. The lowest BCUT2D eigenvalue weighted by molar-refractivity contribution is -0.121. The van der Waals surface area contributed by atoms with E-state index in [4.69, 9.17) is 0 Å². The van der Waals surface area contributed by atoms with Crippen LogP contribution in [0.25, 0.3) is 0 Å². The Morgan fingerprint density at radius 3 is 2.65 bits per heavy atom. The summed E-state index contributed by atoms with van der Waals surface area (Å²) in [5, 5.41) is 2.71. The molecule has 1 fully saturated rings. The van der Waals surface area contributed by atoms with E-state index in [0.29, 0.717) is 12.3 Å². The molecule has 17 heavy (non-hydrogen) atoms. The lowest BCUT2D eigenvalue weighted by atomic mass is 9.93. The fraction of sp³-hybridized carbons (Fsp3) is 0.786. The Kier molecular flexibility index (Phi) is 6.94. The van der Waals surface area contributed by atoms with Crippen LogP contribution in [-0.4, -0.2) is 37.5 Å². The van der Waals surface area contributed by atoms with Crippen LogP contribution in [0, 0.1) is 5.92 Å². The quantitative estimate of drug-likeness (QED) is 0.719. The van der Waals surface area contributed by atoms with Gasteiger partial charge in [0.05, 0.1) is 0 Å². The van der Waals surface area contributed by atoms with Crippen molar-refractivity contribution in [3.05, 3.63) is 12.2 Å². The van der Waals surface area contributed by atoms with Crippen molar-refractivity contribution in [2.75, 3.05) is 26.7 Å². The van der Waals surface area contributed by atoms with E-state index >= 15 is 0 Å². The Labute approximate surface area is 105 Å². The van der Waals surface area contributed by atoms with Gasteiger partial charge in [-0.1, -0.05) is 25.5 Å². The molecule has 0 aromatic heterocycles. The second kappa shape index (κ2) is 8.29. The second-order valence-electron chi connectivity index (χ2n) is 4.88. The topological polar surface area (TPSA) is 32.3 Å². The number of hydrogen-bond acceptors (Lipinski definition) is 2. The summed E-state index contributed by atoms with van der Waals surface area (Å²) >= 11 is 0. The van der Waals surface area contributed by atoms with Crippen LogP contribution in [0.2, 0.25) is 0 Å². The van der Waals surface area contributed by atoms with Gasteiger partial charge in [0, 0.05) is 20.0 Å². The average molecular weight is 238 g/mol. The van der Waals surface area contributed by atoms with Crippen molar-refractivity contribution >= 4 is 5.91 Å².